The van der Waals surface area contributed by atoms with E-state index in [9.17, 15) is 14.7 Å². The molecule has 194 valence electrons. The third kappa shape index (κ3) is 8.34. The number of nitrogens with one attached hydrogen (secondary N) is 2. The van der Waals surface area contributed by atoms with Crippen molar-refractivity contribution >= 4 is 11.7 Å². The van der Waals surface area contributed by atoms with Crippen molar-refractivity contribution in [3.05, 3.63) is 60.4 Å². The summed E-state index contributed by atoms with van der Waals surface area (Å²) in [5, 5.41) is 16.8. The van der Waals surface area contributed by atoms with Crippen LogP contribution in [0.15, 0.2) is 60.4 Å². The summed E-state index contributed by atoms with van der Waals surface area (Å²) in [7, 11) is 0. The number of amides is 1. The summed E-state index contributed by atoms with van der Waals surface area (Å²) in [5.41, 5.74) is 3.79. The maximum absolute atomic E-state index is 13.4. The van der Waals surface area contributed by atoms with Crippen molar-refractivity contribution in [2.75, 3.05) is 0 Å². The molecule has 0 saturated heterocycles. The Morgan fingerprint density at radius 3 is 2.54 bits per heavy atom. The van der Waals surface area contributed by atoms with Crippen molar-refractivity contribution in [3.8, 4) is 0 Å². The Hall–Kier alpha value is -2.40. The van der Waals surface area contributed by atoms with E-state index in [1.165, 1.54) is 0 Å². The van der Waals surface area contributed by atoms with E-state index in [2.05, 4.69) is 42.5 Å². The van der Waals surface area contributed by atoms with Gasteiger partial charge in [-0.1, -0.05) is 49.8 Å². The number of allylic oxidation sites excluding steroid dienone is 6. The highest BCUT2D eigenvalue weighted by molar-refractivity contribution is 6.00. The molecule has 0 saturated carbocycles. The van der Waals surface area contributed by atoms with Crippen LogP contribution in [0.4, 0.5) is 0 Å². The zero-order chi connectivity index (χ0) is 26.1. The van der Waals surface area contributed by atoms with Gasteiger partial charge in [-0.15, -0.1) is 13.2 Å². The van der Waals surface area contributed by atoms with E-state index < -0.39 is 6.23 Å². The van der Waals surface area contributed by atoms with Crippen molar-refractivity contribution in [1.29, 1.82) is 0 Å². The van der Waals surface area contributed by atoms with Crippen LogP contribution < -0.4 is 10.6 Å². The van der Waals surface area contributed by atoms with Crippen LogP contribution in [0.5, 0.6) is 0 Å². The average molecular weight is 483 g/mol. The second-order valence-corrected chi connectivity index (χ2v) is 10.5. The molecule has 5 heteroatoms. The van der Waals surface area contributed by atoms with Gasteiger partial charge in [0, 0.05) is 23.6 Å². The summed E-state index contributed by atoms with van der Waals surface area (Å²) < 4.78 is 0. The molecule has 0 bridgehead atoms. The summed E-state index contributed by atoms with van der Waals surface area (Å²) in [6, 6.07) is 0.160. The first-order chi connectivity index (χ1) is 16.6. The fourth-order valence-corrected chi connectivity index (χ4v) is 4.69. The van der Waals surface area contributed by atoms with Crippen LogP contribution in [-0.4, -0.2) is 29.1 Å². The average Bonchev–Trinajstić information content (AvgIpc) is 2.98. The third-order valence-corrected chi connectivity index (χ3v) is 7.38. The van der Waals surface area contributed by atoms with Gasteiger partial charge in [0.15, 0.2) is 5.78 Å². The van der Waals surface area contributed by atoms with Gasteiger partial charge in [0.05, 0.1) is 5.92 Å². The lowest BCUT2D eigenvalue weighted by Crippen LogP contribution is -2.39. The number of hydrogen-bond donors (Lipinski definition) is 3. The normalized spacial score (nSPS) is 22.5. The smallest absolute Gasteiger partial charge is 0.223 e. The molecular weight excluding hydrogens is 436 g/mol. The lowest BCUT2D eigenvalue weighted by molar-refractivity contribution is -0.125. The highest BCUT2D eigenvalue weighted by atomic mass is 16.3. The van der Waals surface area contributed by atoms with Gasteiger partial charge in [0.25, 0.3) is 0 Å². The Morgan fingerprint density at radius 2 is 1.91 bits per heavy atom. The van der Waals surface area contributed by atoms with Crippen molar-refractivity contribution < 1.29 is 14.7 Å². The quantitative estimate of drug-likeness (QED) is 0.205. The lowest BCUT2D eigenvalue weighted by atomic mass is 9.76. The monoisotopic (exact) mass is 482 g/mol. The summed E-state index contributed by atoms with van der Waals surface area (Å²) in [5.74, 6) is 0.118. The first kappa shape index (κ1) is 28.8. The van der Waals surface area contributed by atoms with Gasteiger partial charge < -0.3 is 15.7 Å². The van der Waals surface area contributed by atoms with Crippen LogP contribution in [-0.2, 0) is 9.59 Å². The predicted molar refractivity (Wildman–Crippen MR) is 144 cm³/mol. The Labute approximate surface area is 212 Å². The molecule has 0 aromatic heterocycles. The van der Waals surface area contributed by atoms with Gasteiger partial charge in [-0.05, 0) is 76.7 Å². The molecule has 6 atom stereocenters. The fraction of sp³-hybridized carbons (Fsp3) is 0.600. The number of aliphatic hydroxyl groups is 1. The zero-order valence-corrected chi connectivity index (χ0v) is 22.2. The van der Waals surface area contributed by atoms with E-state index in [0.29, 0.717) is 18.8 Å². The maximum atomic E-state index is 13.4. The lowest BCUT2D eigenvalue weighted by Gasteiger charge is -2.35. The highest BCUT2D eigenvalue weighted by Crippen LogP contribution is 2.41. The van der Waals surface area contributed by atoms with Crippen molar-refractivity contribution in [3.63, 3.8) is 0 Å². The number of fused-ring (bicyclic) bond motifs is 1. The summed E-state index contributed by atoms with van der Waals surface area (Å²) >= 11 is 0. The molecule has 0 fully saturated rings. The van der Waals surface area contributed by atoms with E-state index in [1.807, 2.05) is 27.7 Å². The Morgan fingerprint density at radius 1 is 1.20 bits per heavy atom. The van der Waals surface area contributed by atoms with Crippen molar-refractivity contribution in [2.24, 2.45) is 23.7 Å². The molecule has 0 aromatic carbocycles. The number of Topliss-reactive ketones (excluding diaryl/α,β-unsaturated/α-hetero) is 1. The SMILES string of the molecule is C=CC(C(=C)CCC(=C)C)C(=O)C1=CC2C(NC(O)CCC(C)C(=O)NC(C)CC)=CC2CCC1. The molecule has 1 amide bonds. The third-order valence-electron chi connectivity index (χ3n) is 7.38. The second kappa shape index (κ2) is 13.6. The minimum atomic E-state index is -0.723. The van der Waals surface area contributed by atoms with Crippen LogP contribution in [0, 0.1) is 23.7 Å². The zero-order valence-electron chi connectivity index (χ0n) is 22.2. The topological polar surface area (TPSA) is 78.4 Å². The highest BCUT2D eigenvalue weighted by Gasteiger charge is 2.35. The van der Waals surface area contributed by atoms with E-state index in [1.54, 1.807) is 6.08 Å². The number of rotatable bonds is 15. The van der Waals surface area contributed by atoms with Crippen LogP contribution in [0.1, 0.15) is 79.1 Å². The van der Waals surface area contributed by atoms with Gasteiger partial charge >= 0.3 is 0 Å². The molecule has 2 aliphatic carbocycles. The minimum absolute atomic E-state index is 0.0333. The number of ketones is 1. The summed E-state index contributed by atoms with van der Waals surface area (Å²) in [6.45, 7) is 19.9. The summed E-state index contributed by atoms with van der Waals surface area (Å²) in [6.07, 6.45) is 11.6. The largest absolute Gasteiger partial charge is 0.374 e. The summed E-state index contributed by atoms with van der Waals surface area (Å²) in [4.78, 5) is 25.6. The fourth-order valence-electron chi connectivity index (χ4n) is 4.69. The maximum Gasteiger partial charge on any atom is 0.223 e. The van der Waals surface area contributed by atoms with Crippen LogP contribution in [0.3, 0.4) is 0 Å². The Kier molecular flexibility index (Phi) is 11.2. The molecule has 0 aromatic rings. The molecule has 0 aliphatic heterocycles. The molecule has 6 unspecified atom stereocenters. The van der Waals surface area contributed by atoms with E-state index >= 15 is 0 Å². The Bertz CT molecular complexity index is 869. The van der Waals surface area contributed by atoms with Crippen molar-refractivity contribution in [2.45, 2.75) is 91.3 Å². The van der Waals surface area contributed by atoms with Crippen LogP contribution in [0.2, 0.25) is 0 Å². The van der Waals surface area contributed by atoms with E-state index in [0.717, 1.165) is 60.9 Å². The van der Waals surface area contributed by atoms with Crippen LogP contribution in [0.25, 0.3) is 0 Å². The van der Waals surface area contributed by atoms with E-state index in [-0.39, 0.29) is 35.5 Å². The molecule has 35 heavy (non-hydrogen) atoms. The molecule has 3 N–H and O–H groups in total. The van der Waals surface area contributed by atoms with Crippen LogP contribution >= 0.6 is 0 Å². The van der Waals surface area contributed by atoms with Gasteiger partial charge in [0.2, 0.25) is 5.91 Å². The number of aliphatic hydroxyl groups excluding tert-OH is 1. The van der Waals surface area contributed by atoms with Crippen molar-refractivity contribution in [1.82, 2.24) is 10.6 Å². The molecule has 0 radical (unpaired) electrons. The van der Waals surface area contributed by atoms with Gasteiger partial charge in [-0.2, -0.15) is 0 Å². The molecule has 2 aliphatic rings. The second-order valence-electron chi connectivity index (χ2n) is 10.5. The van der Waals surface area contributed by atoms with E-state index in [4.69, 9.17) is 0 Å². The number of hydrogen-bond acceptors (Lipinski definition) is 4. The molecule has 5 nitrogen and oxygen atoms in total. The number of carbonyl (C=O) groups excluding carboxylic acids is 2. The molecule has 0 spiro atoms. The van der Waals surface area contributed by atoms with Gasteiger partial charge in [-0.3, -0.25) is 9.59 Å². The minimum Gasteiger partial charge on any atom is -0.374 e. The number of carbonyl (C=O) groups is 2. The molecule has 2 rings (SSSR count). The first-order valence-corrected chi connectivity index (χ1v) is 13.2. The first-order valence-electron chi connectivity index (χ1n) is 13.2. The standard InChI is InChI=1S/C30H46N2O3/c1-8-22(7)31-30(35)21(6)15-16-28(33)32-27-18-23-11-10-12-24(17-26(23)27)29(34)25(9-2)20(5)14-13-19(3)4/h9,17-18,21-23,25-26,28,32-33H,2-3,5,8,10-16H2,1,4,6-7H3,(H,31,35). The molecular formula is C30H46N2O3. The van der Waals surface area contributed by atoms with Gasteiger partial charge in [-0.25, -0.2) is 0 Å². The molecule has 0 heterocycles. The van der Waals surface area contributed by atoms with Gasteiger partial charge in [0.1, 0.15) is 6.23 Å². The predicted octanol–water partition coefficient (Wildman–Crippen LogP) is 5.75. The Balaban J connectivity index is 1.96.